The maximum Gasteiger partial charge on any atom is 1.00 e. The van der Waals surface area contributed by atoms with E-state index < -0.39 is 5.97 Å². The fourth-order valence-corrected chi connectivity index (χ4v) is 0.895. The first kappa shape index (κ1) is 13.3. The number of halogens is 1. The largest absolute Gasteiger partial charge is 1.00 e. The molecule has 0 aromatic carbocycles. The summed E-state index contributed by atoms with van der Waals surface area (Å²) < 4.78 is 0. The summed E-state index contributed by atoms with van der Waals surface area (Å²) in [5.41, 5.74) is 0. The van der Waals surface area contributed by atoms with E-state index in [1.165, 1.54) is 0 Å². The quantitative estimate of drug-likeness (QED) is 0.388. The van der Waals surface area contributed by atoms with Crippen LogP contribution in [0.1, 0.15) is 12.8 Å². The van der Waals surface area contributed by atoms with Gasteiger partial charge in [0.05, 0.1) is 0 Å². The average molecular weight is 174 g/mol. The molecule has 0 radical (unpaired) electrons. The summed E-state index contributed by atoms with van der Waals surface area (Å²) in [6, 6.07) is -0.269. The summed E-state index contributed by atoms with van der Waals surface area (Å²) in [7, 11) is 0. The molecule has 1 aliphatic rings. The molecule has 2 N–H and O–H groups in total. The molecular weight excluding hydrogens is 165 g/mol. The van der Waals surface area contributed by atoms with E-state index in [9.17, 15) is 4.79 Å². The number of aliphatic carboxylic acids is 1. The van der Waals surface area contributed by atoms with Gasteiger partial charge in [-0.1, -0.05) is 0 Å². The van der Waals surface area contributed by atoms with Gasteiger partial charge in [0, 0.05) is 0 Å². The van der Waals surface area contributed by atoms with Crippen LogP contribution in [0.4, 0.5) is 0 Å². The standard InChI is InChI=1S/C5H9NO2.ClH.Na/c7-5(8)4-2-1-3-6-4;;/h4,6H,1-3H2,(H,7,8);1H;/q;;+1/p-1. The molecule has 0 aromatic heterocycles. The SMILES string of the molecule is O=C(O)C1CCCN1.[Cl-].[Na+]. The Morgan fingerprint density at radius 1 is 1.60 bits per heavy atom. The van der Waals surface area contributed by atoms with E-state index in [2.05, 4.69) is 5.32 Å². The van der Waals surface area contributed by atoms with Crippen molar-refractivity contribution >= 4 is 5.97 Å². The molecule has 0 aromatic rings. The van der Waals surface area contributed by atoms with Crippen LogP contribution < -0.4 is 47.3 Å². The minimum Gasteiger partial charge on any atom is -1.00 e. The van der Waals surface area contributed by atoms with Crippen molar-refractivity contribution in [3.05, 3.63) is 0 Å². The monoisotopic (exact) mass is 173 g/mol. The maximum absolute atomic E-state index is 10.1. The first-order valence-corrected chi connectivity index (χ1v) is 2.77. The van der Waals surface area contributed by atoms with Crippen molar-refractivity contribution in [1.29, 1.82) is 0 Å². The smallest absolute Gasteiger partial charge is 1.00 e. The van der Waals surface area contributed by atoms with Gasteiger partial charge in [0.1, 0.15) is 6.04 Å². The topological polar surface area (TPSA) is 49.3 Å². The van der Waals surface area contributed by atoms with Crippen LogP contribution in [0.3, 0.4) is 0 Å². The Labute approximate surface area is 88.3 Å². The predicted molar refractivity (Wildman–Crippen MR) is 28.7 cm³/mol. The summed E-state index contributed by atoms with van der Waals surface area (Å²) in [6.07, 6.45) is 1.78. The van der Waals surface area contributed by atoms with Crippen LogP contribution >= 0.6 is 0 Å². The van der Waals surface area contributed by atoms with Gasteiger partial charge in [-0.25, -0.2) is 0 Å². The molecule has 1 aliphatic heterocycles. The fraction of sp³-hybridized carbons (Fsp3) is 0.800. The normalized spacial score (nSPS) is 22.6. The molecule has 1 rings (SSSR count). The Morgan fingerprint density at radius 2 is 2.20 bits per heavy atom. The van der Waals surface area contributed by atoms with Gasteiger partial charge < -0.3 is 22.8 Å². The van der Waals surface area contributed by atoms with Gasteiger partial charge in [0.15, 0.2) is 0 Å². The van der Waals surface area contributed by atoms with Crippen molar-refractivity contribution in [2.24, 2.45) is 0 Å². The Morgan fingerprint density at radius 3 is 2.40 bits per heavy atom. The first-order chi connectivity index (χ1) is 3.80. The molecule has 0 aliphatic carbocycles. The molecule has 0 spiro atoms. The molecule has 1 heterocycles. The second kappa shape index (κ2) is 6.43. The molecule has 1 atom stereocenters. The molecular formula is C5H9ClNNaO2. The minimum absolute atomic E-state index is 0. The zero-order valence-corrected chi connectivity index (χ0v) is 8.69. The van der Waals surface area contributed by atoms with Crippen molar-refractivity contribution in [3.8, 4) is 0 Å². The predicted octanol–water partition coefficient (Wildman–Crippen LogP) is -6.17. The van der Waals surface area contributed by atoms with Crippen molar-refractivity contribution in [1.82, 2.24) is 5.32 Å². The van der Waals surface area contributed by atoms with E-state index in [-0.39, 0.29) is 48.0 Å². The molecule has 5 heteroatoms. The Hall–Kier alpha value is 0.720. The van der Waals surface area contributed by atoms with Crippen LogP contribution in [0.15, 0.2) is 0 Å². The van der Waals surface area contributed by atoms with Crippen LogP contribution in [-0.2, 0) is 4.79 Å². The van der Waals surface area contributed by atoms with Gasteiger partial charge in [-0.2, -0.15) is 0 Å². The summed E-state index contributed by atoms with van der Waals surface area (Å²) in [5, 5.41) is 11.2. The third kappa shape index (κ3) is 3.78. The Balaban J connectivity index is 0. The fourth-order valence-electron chi connectivity index (χ4n) is 0.895. The van der Waals surface area contributed by atoms with E-state index in [0.717, 1.165) is 19.4 Å². The van der Waals surface area contributed by atoms with Crippen molar-refractivity contribution in [2.45, 2.75) is 18.9 Å². The third-order valence-electron chi connectivity index (χ3n) is 1.36. The van der Waals surface area contributed by atoms with Crippen LogP contribution in [0.2, 0.25) is 0 Å². The molecule has 54 valence electrons. The molecule has 0 bridgehead atoms. The molecule has 0 saturated carbocycles. The van der Waals surface area contributed by atoms with E-state index in [1.54, 1.807) is 0 Å². The molecule has 3 nitrogen and oxygen atoms in total. The molecule has 0 amide bonds. The van der Waals surface area contributed by atoms with Crippen LogP contribution in [0.25, 0.3) is 0 Å². The van der Waals surface area contributed by atoms with Gasteiger partial charge in [0.25, 0.3) is 0 Å². The van der Waals surface area contributed by atoms with Gasteiger partial charge in [-0.05, 0) is 19.4 Å². The van der Waals surface area contributed by atoms with Gasteiger partial charge in [0.2, 0.25) is 0 Å². The van der Waals surface area contributed by atoms with E-state index >= 15 is 0 Å². The summed E-state index contributed by atoms with van der Waals surface area (Å²) in [4.78, 5) is 10.1. The number of carboxylic acid groups (broad SMARTS) is 1. The molecule has 1 fully saturated rings. The molecule has 1 unspecified atom stereocenters. The number of hydrogen-bond acceptors (Lipinski definition) is 2. The van der Waals surface area contributed by atoms with Gasteiger partial charge in [-0.15, -0.1) is 0 Å². The summed E-state index contributed by atoms with van der Waals surface area (Å²) >= 11 is 0. The summed E-state index contributed by atoms with van der Waals surface area (Å²) in [6.45, 7) is 0.858. The Bertz CT molecular complexity index is 106. The van der Waals surface area contributed by atoms with E-state index in [4.69, 9.17) is 5.11 Å². The first-order valence-electron chi connectivity index (χ1n) is 2.77. The number of carboxylic acids is 1. The third-order valence-corrected chi connectivity index (χ3v) is 1.36. The average Bonchev–Trinajstić information content (AvgIpc) is 2.12. The number of nitrogens with one attached hydrogen (secondary N) is 1. The van der Waals surface area contributed by atoms with E-state index in [1.807, 2.05) is 0 Å². The number of hydrogen-bond donors (Lipinski definition) is 2. The Kier molecular flexibility index (Phi) is 8.57. The zero-order chi connectivity index (χ0) is 5.98. The van der Waals surface area contributed by atoms with Crippen LogP contribution in [0.5, 0.6) is 0 Å². The molecule has 1 saturated heterocycles. The van der Waals surface area contributed by atoms with Crippen molar-refractivity contribution in [2.75, 3.05) is 6.54 Å². The van der Waals surface area contributed by atoms with Gasteiger partial charge in [-0.3, -0.25) is 4.79 Å². The van der Waals surface area contributed by atoms with Crippen LogP contribution in [0, 0.1) is 0 Å². The minimum atomic E-state index is -0.720. The maximum atomic E-state index is 10.1. The van der Waals surface area contributed by atoms with Crippen molar-refractivity contribution in [3.63, 3.8) is 0 Å². The second-order valence-electron chi connectivity index (χ2n) is 1.99. The second-order valence-corrected chi connectivity index (χ2v) is 1.99. The van der Waals surface area contributed by atoms with Crippen molar-refractivity contribution < 1.29 is 51.9 Å². The zero-order valence-electron chi connectivity index (χ0n) is 5.93. The summed E-state index contributed by atoms with van der Waals surface area (Å²) in [5.74, 6) is -0.720. The van der Waals surface area contributed by atoms with Crippen LogP contribution in [-0.4, -0.2) is 23.7 Å². The van der Waals surface area contributed by atoms with E-state index in [0.29, 0.717) is 0 Å². The van der Waals surface area contributed by atoms with Gasteiger partial charge >= 0.3 is 35.5 Å². The molecule has 10 heavy (non-hydrogen) atoms. The number of carbonyl (C=O) groups is 1. The number of rotatable bonds is 1.